The molecule has 8 nitrogen and oxygen atoms in total. The highest BCUT2D eigenvalue weighted by molar-refractivity contribution is 5.81. The first-order chi connectivity index (χ1) is 15.7. The molecule has 0 aliphatic carbocycles. The summed E-state index contributed by atoms with van der Waals surface area (Å²) in [6.07, 6.45) is -0.591. The summed E-state index contributed by atoms with van der Waals surface area (Å²) in [6, 6.07) is 19.3. The smallest absolute Gasteiger partial charge is 0.263 e. The quantitative estimate of drug-likeness (QED) is 0.613. The first-order valence-corrected chi connectivity index (χ1v) is 10.7. The van der Waals surface area contributed by atoms with Gasteiger partial charge in [0, 0.05) is 37.8 Å². The molecule has 1 amide bonds. The minimum atomic E-state index is -0.591. The number of amides is 1. The second kappa shape index (κ2) is 8.74. The minimum Gasteiger partial charge on any atom is -0.481 e. The summed E-state index contributed by atoms with van der Waals surface area (Å²) < 4.78 is 16.5. The fourth-order valence-corrected chi connectivity index (χ4v) is 3.87. The van der Waals surface area contributed by atoms with Crippen LogP contribution in [0.3, 0.4) is 0 Å². The van der Waals surface area contributed by atoms with Gasteiger partial charge in [-0.2, -0.15) is 0 Å². The molecule has 164 valence electrons. The highest BCUT2D eigenvalue weighted by Crippen LogP contribution is 2.35. The fraction of sp³-hybridized carbons (Fsp3) is 0.292. The summed E-state index contributed by atoms with van der Waals surface area (Å²) >= 11 is 0. The van der Waals surface area contributed by atoms with Crippen molar-refractivity contribution in [2.45, 2.75) is 13.0 Å². The molecule has 8 heteroatoms. The van der Waals surface area contributed by atoms with Crippen LogP contribution < -0.4 is 19.1 Å². The van der Waals surface area contributed by atoms with Crippen LogP contribution in [0.2, 0.25) is 0 Å². The average Bonchev–Trinajstić information content (AvgIpc) is 3.32. The maximum Gasteiger partial charge on any atom is 0.263 e. The van der Waals surface area contributed by atoms with Gasteiger partial charge < -0.3 is 24.0 Å². The predicted molar refractivity (Wildman–Crippen MR) is 119 cm³/mol. The summed E-state index contributed by atoms with van der Waals surface area (Å²) in [5.74, 6) is 2.69. The number of hydrogen-bond donors (Lipinski definition) is 0. The Kier molecular flexibility index (Phi) is 5.49. The van der Waals surface area contributed by atoms with E-state index in [4.69, 9.17) is 14.2 Å². The van der Waals surface area contributed by atoms with Crippen LogP contribution in [0.25, 0.3) is 11.3 Å². The van der Waals surface area contributed by atoms with Crippen molar-refractivity contribution < 1.29 is 19.0 Å². The lowest BCUT2D eigenvalue weighted by atomic mass is 10.1. The van der Waals surface area contributed by atoms with E-state index < -0.39 is 6.10 Å². The minimum absolute atomic E-state index is 0.0344. The molecule has 32 heavy (non-hydrogen) atoms. The van der Waals surface area contributed by atoms with Crippen molar-refractivity contribution in [2.75, 3.05) is 37.9 Å². The molecule has 2 aliphatic rings. The number of carbonyl (C=O) groups excluding carboxylic acids is 1. The molecule has 1 fully saturated rings. The third kappa shape index (κ3) is 4.16. The van der Waals surface area contributed by atoms with Crippen molar-refractivity contribution in [3.63, 3.8) is 0 Å². The summed E-state index contributed by atoms with van der Waals surface area (Å²) in [4.78, 5) is 16.9. The van der Waals surface area contributed by atoms with E-state index in [1.54, 1.807) is 25.1 Å². The molecule has 0 spiro atoms. The number of piperazine rings is 1. The molecule has 3 aromatic rings. The van der Waals surface area contributed by atoms with E-state index in [-0.39, 0.29) is 12.7 Å². The van der Waals surface area contributed by atoms with Gasteiger partial charge in [-0.3, -0.25) is 4.79 Å². The number of fused-ring (bicyclic) bond motifs is 1. The molecule has 0 radical (unpaired) electrons. The van der Waals surface area contributed by atoms with E-state index >= 15 is 0 Å². The van der Waals surface area contributed by atoms with Gasteiger partial charge in [-0.25, -0.2) is 0 Å². The van der Waals surface area contributed by atoms with Crippen LogP contribution in [0, 0.1) is 0 Å². The normalized spacial score (nSPS) is 16.0. The third-order valence-electron chi connectivity index (χ3n) is 5.64. The predicted octanol–water partition coefficient (Wildman–Crippen LogP) is 2.99. The number of hydrogen-bond acceptors (Lipinski definition) is 7. The van der Waals surface area contributed by atoms with Gasteiger partial charge in [0.25, 0.3) is 5.91 Å². The largest absolute Gasteiger partial charge is 0.481 e. The molecular weight excluding hydrogens is 408 g/mol. The average molecular weight is 432 g/mol. The van der Waals surface area contributed by atoms with Crippen molar-refractivity contribution >= 4 is 11.7 Å². The van der Waals surface area contributed by atoms with Gasteiger partial charge in [0.1, 0.15) is 5.75 Å². The van der Waals surface area contributed by atoms with Crippen LogP contribution in [0.5, 0.6) is 17.2 Å². The Morgan fingerprint density at radius 3 is 2.47 bits per heavy atom. The first kappa shape index (κ1) is 20.1. The summed E-state index contributed by atoms with van der Waals surface area (Å²) in [7, 11) is 0. The Morgan fingerprint density at radius 2 is 1.72 bits per heavy atom. The zero-order valence-corrected chi connectivity index (χ0v) is 17.8. The standard InChI is InChI=1S/C24H24N4O4/c1-17(32-19-7-9-21-22(15-19)31-16-30-21)24(29)28-13-11-27(12-14-28)23-10-8-20(25-26-23)18-5-3-2-4-6-18/h2-10,15,17H,11-14,16H2,1H3. The Labute approximate surface area is 186 Å². The topological polar surface area (TPSA) is 77.0 Å². The SMILES string of the molecule is CC(Oc1ccc2c(c1)OCO2)C(=O)N1CCN(c2ccc(-c3ccccc3)nn2)CC1. The summed E-state index contributed by atoms with van der Waals surface area (Å²) in [5, 5.41) is 8.76. The molecular formula is C24H24N4O4. The number of aromatic nitrogens is 2. The maximum atomic E-state index is 12.9. The van der Waals surface area contributed by atoms with Crippen molar-refractivity contribution in [2.24, 2.45) is 0 Å². The molecule has 0 N–H and O–H groups in total. The Balaban J connectivity index is 1.16. The number of anilines is 1. The molecule has 1 saturated heterocycles. The lowest BCUT2D eigenvalue weighted by molar-refractivity contribution is -0.138. The lowest BCUT2D eigenvalue weighted by Gasteiger charge is -2.36. The zero-order chi connectivity index (χ0) is 21.9. The maximum absolute atomic E-state index is 12.9. The molecule has 1 aromatic heterocycles. The van der Waals surface area contributed by atoms with Gasteiger partial charge in [0.05, 0.1) is 5.69 Å². The molecule has 3 heterocycles. The number of carbonyl (C=O) groups is 1. The van der Waals surface area contributed by atoms with Crippen LogP contribution in [-0.2, 0) is 4.79 Å². The molecule has 2 aliphatic heterocycles. The van der Waals surface area contributed by atoms with Gasteiger partial charge in [-0.1, -0.05) is 30.3 Å². The number of benzene rings is 2. The van der Waals surface area contributed by atoms with Crippen molar-refractivity contribution in [3.05, 3.63) is 60.7 Å². The Bertz CT molecular complexity index is 1080. The summed E-state index contributed by atoms with van der Waals surface area (Å²) in [6.45, 7) is 4.58. The van der Waals surface area contributed by atoms with E-state index in [0.717, 1.165) is 17.1 Å². The van der Waals surface area contributed by atoms with Crippen LogP contribution in [0.4, 0.5) is 5.82 Å². The Hall–Kier alpha value is -3.81. The van der Waals surface area contributed by atoms with Gasteiger partial charge in [-0.15, -0.1) is 10.2 Å². The Morgan fingerprint density at radius 1 is 0.938 bits per heavy atom. The van der Waals surface area contributed by atoms with E-state index in [0.29, 0.717) is 43.4 Å². The van der Waals surface area contributed by atoms with Crippen molar-refractivity contribution in [3.8, 4) is 28.5 Å². The highest BCUT2D eigenvalue weighted by atomic mass is 16.7. The lowest BCUT2D eigenvalue weighted by Crippen LogP contribution is -2.52. The third-order valence-corrected chi connectivity index (χ3v) is 5.64. The first-order valence-electron chi connectivity index (χ1n) is 10.7. The molecule has 1 unspecified atom stereocenters. The molecule has 2 aromatic carbocycles. The van der Waals surface area contributed by atoms with E-state index in [1.165, 1.54) is 0 Å². The van der Waals surface area contributed by atoms with Crippen LogP contribution >= 0.6 is 0 Å². The van der Waals surface area contributed by atoms with Crippen LogP contribution in [-0.4, -0.2) is 60.1 Å². The molecule has 5 rings (SSSR count). The number of rotatable bonds is 5. The number of ether oxygens (including phenoxy) is 3. The van der Waals surface area contributed by atoms with Gasteiger partial charge in [0.2, 0.25) is 6.79 Å². The van der Waals surface area contributed by atoms with Crippen molar-refractivity contribution in [1.82, 2.24) is 15.1 Å². The number of nitrogens with zero attached hydrogens (tertiary/aromatic N) is 4. The second-order valence-corrected chi connectivity index (χ2v) is 7.73. The van der Waals surface area contributed by atoms with E-state index in [9.17, 15) is 4.79 Å². The van der Waals surface area contributed by atoms with Gasteiger partial charge in [-0.05, 0) is 31.2 Å². The van der Waals surface area contributed by atoms with Gasteiger partial charge >= 0.3 is 0 Å². The molecule has 0 saturated carbocycles. The fourth-order valence-electron chi connectivity index (χ4n) is 3.87. The van der Waals surface area contributed by atoms with E-state index in [1.807, 2.05) is 47.4 Å². The monoisotopic (exact) mass is 432 g/mol. The van der Waals surface area contributed by atoms with Gasteiger partial charge in [0.15, 0.2) is 23.4 Å². The van der Waals surface area contributed by atoms with E-state index in [2.05, 4.69) is 15.1 Å². The van der Waals surface area contributed by atoms with Crippen LogP contribution in [0.15, 0.2) is 60.7 Å². The van der Waals surface area contributed by atoms with Crippen molar-refractivity contribution in [1.29, 1.82) is 0 Å². The zero-order valence-electron chi connectivity index (χ0n) is 17.8. The molecule has 0 bridgehead atoms. The molecule has 1 atom stereocenters. The van der Waals surface area contributed by atoms with Crippen LogP contribution in [0.1, 0.15) is 6.92 Å². The summed E-state index contributed by atoms with van der Waals surface area (Å²) in [5.41, 5.74) is 1.89. The highest BCUT2D eigenvalue weighted by Gasteiger charge is 2.27. The second-order valence-electron chi connectivity index (χ2n) is 7.73.